The summed E-state index contributed by atoms with van der Waals surface area (Å²) in [6.07, 6.45) is 6.76. The molecule has 1 N–H and O–H groups in total. The maximum atomic E-state index is 12.4. The van der Waals surface area contributed by atoms with Gasteiger partial charge in [-0.3, -0.25) is 4.79 Å². The second-order valence-electron chi connectivity index (χ2n) is 9.07. The fourth-order valence-electron chi connectivity index (χ4n) is 4.16. The van der Waals surface area contributed by atoms with Crippen LogP contribution in [-0.2, 0) is 21.9 Å². The first kappa shape index (κ1) is 30.4. The Morgan fingerprint density at radius 3 is 1.59 bits per heavy atom. The molecule has 0 atom stereocenters. The molecular formula is C28H42FeO3. The molecule has 32 heavy (non-hydrogen) atoms. The molecule has 0 aromatic heterocycles. The Kier molecular flexibility index (Phi) is 13.8. The Hall–Kier alpha value is -1.64. The molecule has 180 valence electrons. The summed E-state index contributed by atoms with van der Waals surface area (Å²) < 4.78 is 0. The number of aryl methyl sites for hydroxylation is 2. The van der Waals surface area contributed by atoms with Gasteiger partial charge in [-0.05, 0) is 68.4 Å². The van der Waals surface area contributed by atoms with Crippen molar-refractivity contribution in [1.29, 1.82) is 0 Å². The quantitative estimate of drug-likeness (QED) is 0.176. The number of rotatable bonds is 9. The molecule has 4 heteroatoms. The van der Waals surface area contributed by atoms with Crippen LogP contribution in [0.15, 0.2) is 39.7 Å². The fraction of sp³-hybridized carbons (Fsp3) is 0.571. The first-order valence-electron chi connectivity index (χ1n) is 11.7. The summed E-state index contributed by atoms with van der Waals surface area (Å²) in [5.74, 6) is -0.436. The Bertz CT molecular complexity index is 817. The van der Waals surface area contributed by atoms with E-state index in [0.717, 1.165) is 55.2 Å². The number of unbranched alkanes of at least 4 members (excludes halogenated alkanes) is 5. The summed E-state index contributed by atoms with van der Waals surface area (Å²) in [5, 5.41) is 20.9. The van der Waals surface area contributed by atoms with Gasteiger partial charge in [0.05, 0.1) is 0 Å². The smallest absolute Gasteiger partial charge is 0.875 e. The molecule has 0 saturated carbocycles. The van der Waals surface area contributed by atoms with E-state index in [1.807, 2.05) is 13.8 Å². The molecule has 0 fully saturated rings. The van der Waals surface area contributed by atoms with Crippen molar-refractivity contribution in [2.75, 3.05) is 0 Å². The van der Waals surface area contributed by atoms with Crippen LogP contribution in [0, 0.1) is 27.7 Å². The van der Waals surface area contributed by atoms with Crippen LogP contribution in [0.4, 0.5) is 0 Å². The van der Waals surface area contributed by atoms with Gasteiger partial charge in [-0.15, -0.1) is 5.76 Å². The van der Waals surface area contributed by atoms with Crippen LogP contribution in [0.3, 0.4) is 0 Å². The second kappa shape index (κ2) is 14.5. The number of aliphatic carboxylic acids is 1. The van der Waals surface area contributed by atoms with Crippen molar-refractivity contribution >= 4 is 5.97 Å². The van der Waals surface area contributed by atoms with Crippen LogP contribution < -0.4 is 5.11 Å². The molecule has 1 aliphatic rings. The number of carboxylic acid groups (broad SMARTS) is 1. The maximum absolute atomic E-state index is 12.4. The van der Waals surface area contributed by atoms with E-state index in [0.29, 0.717) is 6.42 Å². The summed E-state index contributed by atoms with van der Waals surface area (Å²) in [5.41, 5.74) is 11.5. The zero-order valence-corrected chi connectivity index (χ0v) is 22.5. The molecule has 1 aliphatic carbocycles. The minimum atomic E-state index is -0.711. The molecule has 0 bridgehead atoms. The van der Waals surface area contributed by atoms with E-state index in [1.54, 1.807) is 0 Å². The van der Waals surface area contributed by atoms with Crippen molar-refractivity contribution < 1.29 is 32.1 Å². The molecule has 0 saturated heterocycles. The van der Waals surface area contributed by atoms with Crippen LogP contribution in [0.2, 0.25) is 0 Å². The van der Waals surface area contributed by atoms with Gasteiger partial charge < -0.3 is 10.2 Å². The first-order chi connectivity index (χ1) is 14.5. The van der Waals surface area contributed by atoms with E-state index in [2.05, 4.69) is 47.6 Å². The van der Waals surface area contributed by atoms with Gasteiger partial charge in [0, 0.05) is 6.42 Å². The van der Waals surface area contributed by atoms with Gasteiger partial charge in [0.2, 0.25) is 0 Å². The molecule has 0 amide bonds. The van der Waals surface area contributed by atoms with E-state index < -0.39 is 5.97 Å². The molecule has 0 spiro atoms. The third-order valence-corrected chi connectivity index (χ3v) is 6.94. The Morgan fingerprint density at radius 2 is 1.25 bits per heavy atom. The van der Waals surface area contributed by atoms with Crippen molar-refractivity contribution in [2.24, 2.45) is 0 Å². The van der Waals surface area contributed by atoms with Crippen LogP contribution in [-0.4, -0.2) is 11.1 Å². The van der Waals surface area contributed by atoms with E-state index in [-0.39, 0.29) is 29.2 Å². The van der Waals surface area contributed by atoms with Crippen LogP contribution >= 0.6 is 0 Å². The molecule has 2 rings (SSSR count). The molecule has 1 aromatic carbocycles. The van der Waals surface area contributed by atoms with Crippen molar-refractivity contribution in [3.05, 3.63) is 61.9 Å². The van der Waals surface area contributed by atoms with E-state index in [9.17, 15) is 9.90 Å². The Morgan fingerprint density at radius 1 is 0.812 bits per heavy atom. The molecule has 3 nitrogen and oxygen atoms in total. The van der Waals surface area contributed by atoms with Crippen LogP contribution in [0.25, 0.3) is 0 Å². The molecule has 0 radical (unpaired) electrons. The van der Waals surface area contributed by atoms with Gasteiger partial charge in [0.25, 0.3) is 0 Å². The van der Waals surface area contributed by atoms with Crippen molar-refractivity contribution in [2.45, 2.75) is 107 Å². The van der Waals surface area contributed by atoms with Gasteiger partial charge >= 0.3 is 23.0 Å². The normalized spacial score (nSPS) is 13.2. The zero-order chi connectivity index (χ0) is 23.7. The summed E-state index contributed by atoms with van der Waals surface area (Å²) in [6, 6.07) is 2.24. The predicted molar refractivity (Wildman–Crippen MR) is 129 cm³/mol. The molecule has 0 heterocycles. The van der Waals surface area contributed by atoms with E-state index >= 15 is 0 Å². The third kappa shape index (κ3) is 8.71. The number of carboxylic acids is 1. The van der Waals surface area contributed by atoms with Crippen LogP contribution in [0.1, 0.15) is 101 Å². The second-order valence-corrected chi connectivity index (χ2v) is 9.07. The predicted octanol–water partition coefficient (Wildman–Crippen LogP) is 7.13. The van der Waals surface area contributed by atoms with Crippen molar-refractivity contribution in [3.63, 3.8) is 0 Å². The SMILES string of the molecule is CC1=C(C)C(=C([O-])CCCCCCCCC(=O)O)C(C)=C1C.Cc1c[c-](C)c(C)c1C.[Fe+2]. The monoisotopic (exact) mass is 482 g/mol. The molecule has 0 unspecified atom stereocenters. The minimum absolute atomic E-state index is 0. The maximum Gasteiger partial charge on any atom is 2.00 e. The van der Waals surface area contributed by atoms with Crippen molar-refractivity contribution in [1.82, 2.24) is 0 Å². The van der Waals surface area contributed by atoms with Crippen LogP contribution in [0.5, 0.6) is 0 Å². The Balaban J connectivity index is 0.000000803. The zero-order valence-electron chi connectivity index (χ0n) is 21.4. The summed E-state index contributed by atoms with van der Waals surface area (Å²) in [4.78, 5) is 10.4. The van der Waals surface area contributed by atoms with E-state index in [4.69, 9.17) is 5.11 Å². The molecule has 0 aliphatic heterocycles. The number of allylic oxidation sites excluding steroid dienone is 6. The number of carbonyl (C=O) groups is 1. The average molecular weight is 482 g/mol. The number of hydrogen-bond acceptors (Lipinski definition) is 2. The third-order valence-electron chi connectivity index (χ3n) is 6.94. The van der Waals surface area contributed by atoms with Gasteiger partial charge in [-0.1, -0.05) is 59.8 Å². The Labute approximate surface area is 206 Å². The average Bonchev–Trinajstić information content (AvgIpc) is 3.05. The van der Waals surface area contributed by atoms with Crippen molar-refractivity contribution in [3.8, 4) is 0 Å². The van der Waals surface area contributed by atoms with E-state index in [1.165, 1.54) is 33.4 Å². The largest absolute Gasteiger partial charge is 2.00 e. The van der Waals surface area contributed by atoms with Gasteiger partial charge in [-0.2, -0.15) is 28.3 Å². The number of hydrogen-bond donors (Lipinski definition) is 1. The summed E-state index contributed by atoms with van der Waals surface area (Å²) in [6.45, 7) is 17.0. The topological polar surface area (TPSA) is 60.4 Å². The standard InChI is InChI=1S/C19H30O3.C9H13.Fe/c1-13-14(2)16(4)19(15(13)3)17(20)11-9-7-5-6-8-10-12-18(21)22;1-6-5-7(2)9(4)8(6)3;/h20H,5-12H2,1-4H3,(H,21,22);5H,1-4H3;/q;-1;+2/p-1. The fourth-order valence-corrected chi connectivity index (χ4v) is 4.16. The summed E-state index contributed by atoms with van der Waals surface area (Å²) in [7, 11) is 0. The van der Waals surface area contributed by atoms with Gasteiger partial charge in [-0.25, -0.2) is 0 Å². The molecular weight excluding hydrogens is 440 g/mol. The minimum Gasteiger partial charge on any atom is -0.875 e. The first-order valence-corrected chi connectivity index (χ1v) is 11.7. The summed E-state index contributed by atoms with van der Waals surface area (Å²) >= 11 is 0. The molecule has 1 aromatic rings. The van der Waals surface area contributed by atoms with Gasteiger partial charge in [0.15, 0.2) is 0 Å². The van der Waals surface area contributed by atoms with Gasteiger partial charge in [0.1, 0.15) is 0 Å².